The topological polar surface area (TPSA) is 307 Å². The number of unbranched alkanes of at least 4 members (excludes halogenated alkanes) is 11. The van der Waals surface area contributed by atoms with Gasteiger partial charge in [-0.1, -0.05) is 83.3 Å². The molecule has 0 aromatic rings. The van der Waals surface area contributed by atoms with E-state index in [1.165, 1.54) is 58.3 Å². The molecule has 0 aliphatic carbocycles. The number of ether oxygens (including phenoxy) is 6. The molecule has 12 N–H and O–H groups in total. The Bertz CT molecular complexity index is 1130. The van der Waals surface area contributed by atoms with E-state index in [1.54, 1.807) is 6.08 Å². The smallest absolute Gasteiger partial charge is 0.217 e. The number of carbonyl (C=O) groups is 1. The van der Waals surface area contributed by atoms with E-state index >= 15 is 0 Å². The quantitative estimate of drug-likeness (QED) is 0.0337. The van der Waals surface area contributed by atoms with Crippen LogP contribution in [0.5, 0.6) is 0 Å². The van der Waals surface area contributed by atoms with E-state index in [9.17, 15) is 61.0 Å². The summed E-state index contributed by atoms with van der Waals surface area (Å²) in [5, 5.41) is 117. The highest BCUT2D eigenvalue weighted by Gasteiger charge is 2.53. The molecule has 0 aromatic heterocycles. The summed E-state index contributed by atoms with van der Waals surface area (Å²) in [7, 11) is 0. The zero-order chi connectivity index (χ0) is 42.1. The Hall–Kier alpha value is -1.47. The number of hydrogen-bond acceptors (Lipinski definition) is 18. The first kappa shape index (κ1) is 49.9. The van der Waals surface area contributed by atoms with Crippen molar-refractivity contribution in [1.29, 1.82) is 0 Å². The van der Waals surface area contributed by atoms with Gasteiger partial charge in [0.2, 0.25) is 5.91 Å². The Labute approximate surface area is 334 Å². The summed E-state index contributed by atoms with van der Waals surface area (Å²) in [6.45, 7) is 0.690. The van der Waals surface area contributed by atoms with Gasteiger partial charge in [0.1, 0.15) is 73.2 Å². The highest BCUT2D eigenvalue weighted by atomic mass is 16.8. The number of allylic oxidation sites excluding steroid dienone is 1. The molecule has 0 unspecified atom stereocenters. The van der Waals surface area contributed by atoms with Crippen molar-refractivity contribution >= 4 is 5.91 Å². The van der Waals surface area contributed by atoms with E-state index in [0.29, 0.717) is 0 Å². The molecule has 3 rings (SSSR count). The molecule has 0 radical (unpaired) electrons. The maximum absolute atomic E-state index is 11.9. The predicted molar refractivity (Wildman–Crippen MR) is 199 cm³/mol. The van der Waals surface area contributed by atoms with Crippen LogP contribution in [-0.2, 0) is 33.2 Å². The van der Waals surface area contributed by atoms with Crippen LogP contribution in [0.3, 0.4) is 0 Å². The fourth-order valence-electron chi connectivity index (χ4n) is 7.16. The highest BCUT2D eigenvalue weighted by Crippen LogP contribution is 2.32. The van der Waals surface area contributed by atoms with Gasteiger partial charge in [-0.15, -0.1) is 0 Å². The minimum Gasteiger partial charge on any atom is -0.394 e. The van der Waals surface area contributed by atoms with Crippen molar-refractivity contribution < 1.29 is 89.4 Å². The van der Waals surface area contributed by atoms with E-state index in [-0.39, 0.29) is 6.61 Å². The summed E-state index contributed by atoms with van der Waals surface area (Å²) in [5.74, 6) is -0.455. The van der Waals surface area contributed by atoms with Crippen LogP contribution in [0.2, 0.25) is 0 Å². The predicted octanol–water partition coefficient (Wildman–Crippen LogP) is -2.43. The molecule has 19 nitrogen and oxygen atoms in total. The lowest BCUT2D eigenvalue weighted by Crippen LogP contribution is -2.66. The van der Waals surface area contributed by atoms with E-state index in [1.807, 2.05) is 6.08 Å². The number of amides is 1. The lowest BCUT2D eigenvalue weighted by Gasteiger charge is -2.48. The number of rotatable bonds is 25. The zero-order valence-electron chi connectivity index (χ0n) is 33.1. The molecule has 3 aliphatic rings. The third-order valence-corrected chi connectivity index (χ3v) is 10.6. The average molecular weight is 828 g/mol. The molecule has 0 spiro atoms. The van der Waals surface area contributed by atoms with Gasteiger partial charge in [0.25, 0.3) is 0 Å². The number of nitrogens with one attached hydrogen (secondary N) is 1. The van der Waals surface area contributed by atoms with Crippen LogP contribution in [0.15, 0.2) is 12.2 Å². The molecule has 3 heterocycles. The molecular formula is C38H69NO18. The van der Waals surface area contributed by atoms with Gasteiger partial charge in [-0.25, -0.2) is 0 Å². The van der Waals surface area contributed by atoms with Crippen LogP contribution in [0, 0.1) is 0 Å². The van der Waals surface area contributed by atoms with Crippen LogP contribution in [-0.4, -0.2) is 193 Å². The molecule has 1 amide bonds. The first-order valence-corrected chi connectivity index (χ1v) is 20.4. The highest BCUT2D eigenvalue weighted by molar-refractivity contribution is 5.73. The molecule has 3 saturated heterocycles. The van der Waals surface area contributed by atoms with E-state index in [2.05, 4.69) is 12.2 Å². The number of hydrogen-bond donors (Lipinski definition) is 12. The van der Waals surface area contributed by atoms with Gasteiger partial charge in [-0.3, -0.25) is 4.79 Å². The monoisotopic (exact) mass is 827 g/mol. The summed E-state index contributed by atoms with van der Waals surface area (Å²) in [4.78, 5) is 11.9. The lowest BCUT2D eigenvalue weighted by molar-refractivity contribution is -0.379. The normalized spacial score (nSPS) is 37.3. The second-order valence-electron chi connectivity index (χ2n) is 15.2. The second-order valence-corrected chi connectivity index (χ2v) is 15.2. The van der Waals surface area contributed by atoms with Crippen LogP contribution in [0.1, 0.15) is 90.9 Å². The van der Waals surface area contributed by atoms with E-state index in [0.717, 1.165) is 25.7 Å². The molecule has 0 saturated carbocycles. The van der Waals surface area contributed by atoms with Gasteiger partial charge in [-0.2, -0.15) is 0 Å². The standard InChI is InChI=1S/C38H69NO18/c1-3-4-5-6-7-8-9-10-11-12-13-14-15-16-23(44)22(39-21(2)43)20-52-36-32(50)29(47)34(25(18-41)54-36)57-38-33(51)30(48)35(26(19-42)55-38)56-37-31(49)28(46)27(45)24(17-40)53-37/h15-16,22-38,40-42,44-51H,3-14,17-20H2,1-2H3,(H,39,43)/b16-15+/t22-,23+,24+,25+,26+,27-,28-,29+,30+,31+,32+,33+,34+,35-,36+,37+,38-/m0/s1. The van der Waals surface area contributed by atoms with E-state index < -0.39 is 130 Å². The maximum atomic E-state index is 11.9. The number of carbonyl (C=O) groups excluding carboxylic acids is 1. The first-order chi connectivity index (χ1) is 27.3. The SMILES string of the molecule is CCCCCCCCCCCCC/C=C/[C@@H](O)[C@H](CO[C@@H]1O[C@H](CO)[C@@H](O[C@@H]2O[C@H](CO)[C@H](O[C@H]3O[C@H](CO)[C@H](O)[C@H](O)[C@H]3O)[C@H](O)[C@H]2O)[C@H](O)[C@H]1O)NC(C)=O. The summed E-state index contributed by atoms with van der Waals surface area (Å²) in [6, 6.07) is -0.966. The largest absolute Gasteiger partial charge is 0.394 e. The van der Waals surface area contributed by atoms with Gasteiger partial charge in [0.15, 0.2) is 18.9 Å². The third kappa shape index (κ3) is 14.9. The van der Waals surface area contributed by atoms with Crippen LogP contribution in [0.4, 0.5) is 0 Å². The fourth-order valence-corrected chi connectivity index (χ4v) is 7.16. The van der Waals surface area contributed by atoms with Crippen LogP contribution < -0.4 is 5.32 Å². The molecule has 0 aromatic carbocycles. The van der Waals surface area contributed by atoms with Crippen LogP contribution in [0.25, 0.3) is 0 Å². The van der Waals surface area contributed by atoms with Crippen molar-refractivity contribution in [3.05, 3.63) is 12.2 Å². The molecule has 57 heavy (non-hydrogen) atoms. The zero-order valence-corrected chi connectivity index (χ0v) is 33.1. The molecule has 19 heteroatoms. The van der Waals surface area contributed by atoms with Gasteiger partial charge in [0, 0.05) is 6.92 Å². The van der Waals surface area contributed by atoms with Gasteiger partial charge >= 0.3 is 0 Å². The Morgan fingerprint density at radius 3 is 1.54 bits per heavy atom. The Morgan fingerprint density at radius 1 is 0.614 bits per heavy atom. The fraction of sp³-hybridized carbons (Fsp3) is 0.921. The molecule has 334 valence electrons. The minimum atomic E-state index is -1.97. The molecular weight excluding hydrogens is 758 g/mol. The summed E-state index contributed by atoms with van der Waals surface area (Å²) in [5.41, 5.74) is 0. The Kier molecular flexibility index (Phi) is 22.8. The second kappa shape index (κ2) is 26.0. The summed E-state index contributed by atoms with van der Waals surface area (Å²) in [6.07, 6.45) is -9.24. The maximum Gasteiger partial charge on any atom is 0.217 e. The van der Waals surface area contributed by atoms with E-state index in [4.69, 9.17) is 28.4 Å². The lowest BCUT2D eigenvalue weighted by atomic mass is 9.96. The van der Waals surface area contributed by atoms with Crippen molar-refractivity contribution in [2.24, 2.45) is 0 Å². The average Bonchev–Trinajstić information content (AvgIpc) is 3.19. The van der Waals surface area contributed by atoms with Crippen molar-refractivity contribution in [1.82, 2.24) is 5.32 Å². The molecule has 3 aliphatic heterocycles. The summed E-state index contributed by atoms with van der Waals surface area (Å²) >= 11 is 0. The first-order valence-electron chi connectivity index (χ1n) is 20.4. The van der Waals surface area contributed by atoms with Crippen molar-refractivity contribution in [3.8, 4) is 0 Å². The number of aliphatic hydroxyl groups is 11. The Morgan fingerprint density at radius 2 is 1.05 bits per heavy atom. The van der Waals surface area contributed by atoms with Crippen molar-refractivity contribution in [2.75, 3.05) is 26.4 Å². The molecule has 17 atom stereocenters. The molecule has 0 bridgehead atoms. The minimum absolute atomic E-state index is 0.369. The summed E-state index contributed by atoms with van der Waals surface area (Å²) < 4.78 is 33.5. The van der Waals surface area contributed by atoms with Gasteiger partial charge in [-0.05, 0) is 12.8 Å². The van der Waals surface area contributed by atoms with Gasteiger partial charge in [0.05, 0.1) is 38.6 Å². The molecule has 3 fully saturated rings. The van der Waals surface area contributed by atoms with Crippen molar-refractivity contribution in [2.45, 2.75) is 195 Å². The Balaban J connectivity index is 1.51. The van der Waals surface area contributed by atoms with Crippen molar-refractivity contribution in [3.63, 3.8) is 0 Å². The number of aliphatic hydroxyl groups excluding tert-OH is 11. The van der Waals surface area contributed by atoms with Crippen LogP contribution >= 0.6 is 0 Å². The third-order valence-electron chi connectivity index (χ3n) is 10.6. The van der Waals surface area contributed by atoms with Gasteiger partial charge < -0.3 is 89.9 Å².